The Balaban J connectivity index is 1.21. The van der Waals surface area contributed by atoms with Crippen LogP contribution in [0.15, 0.2) is 92.6 Å². The summed E-state index contributed by atoms with van der Waals surface area (Å²) >= 11 is 2.52. The molecule has 0 saturated heterocycles. The Bertz CT molecular complexity index is 1750. The second-order valence-corrected chi connectivity index (χ2v) is 11.8. The summed E-state index contributed by atoms with van der Waals surface area (Å²) in [6.07, 6.45) is 1.84. The van der Waals surface area contributed by atoms with E-state index < -0.39 is 11.9 Å². The van der Waals surface area contributed by atoms with E-state index in [9.17, 15) is 9.59 Å². The molecular formula is C32H28N4O4S2. The predicted molar refractivity (Wildman–Crippen MR) is 170 cm³/mol. The van der Waals surface area contributed by atoms with Crippen LogP contribution in [0, 0.1) is 0 Å². The van der Waals surface area contributed by atoms with Gasteiger partial charge in [-0.15, -0.1) is 0 Å². The second kappa shape index (κ2) is 12.0. The van der Waals surface area contributed by atoms with Crippen molar-refractivity contribution in [2.75, 3.05) is 11.9 Å². The fourth-order valence-electron chi connectivity index (χ4n) is 4.63. The van der Waals surface area contributed by atoms with Gasteiger partial charge in [-0.3, -0.25) is 0 Å². The lowest BCUT2D eigenvalue weighted by Crippen LogP contribution is -2.19. The molecule has 10 heteroatoms. The van der Waals surface area contributed by atoms with E-state index in [1.165, 1.54) is 23.5 Å². The van der Waals surface area contributed by atoms with Crippen molar-refractivity contribution in [3.05, 3.63) is 78.4 Å². The van der Waals surface area contributed by atoms with Crippen LogP contribution in [0.3, 0.4) is 0 Å². The van der Waals surface area contributed by atoms with Gasteiger partial charge in [-0.2, -0.15) is 0 Å². The van der Waals surface area contributed by atoms with Crippen molar-refractivity contribution in [2.45, 2.75) is 42.5 Å². The molecule has 1 atom stereocenters. The number of thioether (sulfide) groups is 2. The van der Waals surface area contributed by atoms with Crippen molar-refractivity contribution in [3.63, 3.8) is 0 Å². The summed E-state index contributed by atoms with van der Waals surface area (Å²) in [5, 5.41) is 5.58. The summed E-state index contributed by atoms with van der Waals surface area (Å²) in [4.78, 5) is 37.0. The zero-order valence-corrected chi connectivity index (χ0v) is 24.7. The van der Waals surface area contributed by atoms with Gasteiger partial charge in [-0.05, 0) is 79.1 Å². The highest BCUT2D eigenvalue weighted by Crippen LogP contribution is 2.49. The Morgan fingerprint density at radius 1 is 0.762 bits per heavy atom. The van der Waals surface area contributed by atoms with Gasteiger partial charge < -0.3 is 20.5 Å². The molecule has 42 heavy (non-hydrogen) atoms. The minimum Gasteiger partial charge on any atom is -0.421 e. The second-order valence-electron chi connectivity index (χ2n) is 9.77. The van der Waals surface area contributed by atoms with Crippen molar-refractivity contribution in [1.82, 2.24) is 0 Å². The Kier molecular flexibility index (Phi) is 8.01. The van der Waals surface area contributed by atoms with Gasteiger partial charge in [0.2, 0.25) is 0 Å². The molecule has 0 saturated carbocycles. The maximum atomic E-state index is 13.0. The average molecular weight is 597 g/mol. The zero-order valence-electron chi connectivity index (χ0n) is 23.0. The van der Waals surface area contributed by atoms with E-state index in [-0.39, 0.29) is 16.1 Å². The lowest BCUT2D eigenvalue weighted by atomic mass is 10.1. The first kappa shape index (κ1) is 28.0. The van der Waals surface area contributed by atoms with E-state index in [0.717, 1.165) is 51.2 Å². The number of ether oxygens (including phenoxy) is 2. The topological polar surface area (TPSA) is 115 Å². The SMILES string of the molecule is CCCNc1ccc(OC(=O)C2=Nc3ccc4c5c(ccc(c35)S2)N=C(C(=O)Oc2ccc(C(N)CC)cc2)S4)cc1. The summed E-state index contributed by atoms with van der Waals surface area (Å²) in [7, 11) is 0. The first-order valence-corrected chi connectivity index (χ1v) is 15.3. The lowest BCUT2D eigenvalue weighted by Gasteiger charge is -2.21. The third-order valence-electron chi connectivity index (χ3n) is 6.85. The Labute approximate surface area is 251 Å². The molecule has 0 bridgehead atoms. The van der Waals surface area contributed by atoms with Gasteiger partial charge in [0.05, 0.1) is 11.4 Å². The summed E-state index contributed by atoms with van der Waals surface area (Å²) in [5.74, 6) is -0.165. The number of esters is 2. The van der Waals surface area contributed by atoms with Gasteiger partial charge in [-0.25, -0.2) is 19.6 Å². The molecule has 0 spiro atoms. The zero-order chi connectivity index (χ0) is 29.2. The van der Waals surface area contributed by atoms with Crippen molar-refractivity contribution in [3.8, 4) is 11.5 Å². The van der Waals surface area contributed by atoms with Crippen LogP contribution in [0.25, 0.3) is 10.8 Å². The number of carbonyl (C=O) groups is 2. The molecule has 2 aliphatic rings. The van der Waals surface area contributed by atoms with E-state index in [1.54, 1.807) is 24.3 Å². The Morgan fingerprint density at radius 3 is 1.74 bits per heavy atom. The number of aliphatic imine (C=N–C) groups is 2. The number of carbonyl (C=O) groups excluding carboxylic acids is 2. The molecule has 3 N–H and O–H groups in total. The van der Waals surface area contributed by atoms with E-state index >= 15 is 0 Å². The number of hydrogen-bond acceptors (Lipinski definition) is 10. The third-order valence-corrected chi connectivity index (χ3v) is 8.87. The fraction of sp³-hybridized carbons (Fsp3) is 0.188. The van der Waals surface area contributed by atoms with Crippen molar-refractivity contribution in [2.24, 2.45) is 15.7 Å². The highest BCUT2D eigenvalue weighted by Gasteiger charge is 2.29. The van der Waals surface area contributed by atoms with Gasteiger partial charge in [0.25, 0.3) is 0 Å². The predicted octanol–water partition coefficient (Wildman–Crippen LogP) is 7.55. The van der Waals surface area contributed by atoms with Gasteiger partial charge >= 0.3 is 11.9 Å². The molecule has 212 valence electrons. The highest BCUT2D eigenvalue weighted by atomic mass is 32.2. The molecule has 0 amide bonds. The van der Waals surface area contributed by atoms with E-state index in [4.69, 9.17) is 15.2 Å². The number of rotatable bonds is 9. The molecular weight excluding hydrogens is 569 g/mol. The number of nitrogens with zero attached hydrogens (tertiary/aromatic N) is 2. The largest absolute Gasteiger partial charge is 0.421 e. The minimum absolute atomic E-state index is 0.0545. The van der Waals surface area contributed by atoms with E-state index in [2.05, 4.69) is 22.2 Å². The third kappa shape index (κ3) is 5.65. The fourth-order valence-corrected chi connectivity index (χ4v) is 6.48. The number of benzene rings is 4. The van der Waals surface area contributed by atoms with Crippen LogP contribution in [0.1, 0.15) is 38.3 Å². The maximum Gasteiger partial charge on any atom is 0.369 e. The molecule has 0 aliphatic carbocycles. The number of nitrogens with two attached hydrogens (primary N) is 1. The minimum atomic E-state index is -0.529. The van der Waals surface area contributed by atoms with Crippen LogP contribution in [-0.2, 0) is 9.59 Å². The van der Waals surface area contributed by atoms with Gasteiger partial charge in [0.15, 0.2) is 10.1 Å². The normalized spacial score (nSPS) is 14.1. The lowest BCUT2D eigenvalue weighted by molar-refractivity contribution is -0.127. The molecule has 2 aliphatic heterocycles. The number of anilines is 1. The highest BCUT2D eigenvalue weighted by molar-refractivity contribution is 8.16. The van der Waals surface area contributed by atoms with E-state index in [1.807, 2.05) is 55.5 Å². The number of nitrogens with one attached hydrogen (secondary N) is 1. The first-order chi connectivity index (χ1) is 20.4. The van der Waals surface area contributed by atoms with Crippen molar-refractivity contribution >= 4 is 73.4 Å². The smallest absolute Gasteiger partial charge is 0.369 e. The molecule has 6 rings (SSSR count). The molecule has 0 fully saturated rings. The Morgan fingerprint density at radius 2 is 1.26 bits per heavy atom. The number of hydrogen-bond donors (Lipinski definition) is 2. The summed E-state index contributed by atoms with van der Waals surface area (Å²) < 4.78 is 11.2. The molecule has 1 unspecified atom stereocenters. The quantitative estimate of drug-likeness (QED) is 0.150. The van der Waals surface area contributed by atoms with Crippen LogP contribution in [0.4, 0.5) is 17.1 Å². The molecule has 0 radical (unpaired) electrons. The Hall–Kier alpha value is -4.12. The molecule has 8 nitrogen and oxygen atoms in total. The molecule has 4 aromatic rings. The van der Waals surface area contributed by atoms with Gasteiger partial charge in [0.1, 0.15) is 11.5 Å². The summed E-state index contributed by atoms with van der Waals surface area (Å²) in [5.41, 5.74) is 9.35. The molecule has 2 heterocycles. The maximum absolute atomic E-state index is 13.0. The first-order valence-electron chi connectivity index (χ1n) is 13.7. The van der Waals surface area contributed by atoms with Crippen LogP contribution < -0.4 is 20.5 Å². The van der Waals surface area contributed by atoms with E-state index in [0.29, 0.717) is 22.9 Å². The van der Waals surface area contributed by atoms with Crippen molar-refractivity contribution < 1.29 is 19.1 Å². The molecule has 4 aromatic carbocycles. The van der Waals surface area contributed by atoms with Gasteiger partial charge in [-0.1, -0.05) is 49.5 Å². The summed E-state index contributed by atoms with van der Waals surface area (Å²) in [6, 6.07) is 21.9. The van der Waals surface area contributed by atoms with Crippen LogP contribution in [0.5, 0.6) is 11.5 Å². The standard InChI is InChI=1S/C32H28N4O4S2/c1-3-17-34-19-7-11-21(12-8-19)40-32(38)30-36-24-14-15-25-27-23(13-16-26(42-30)28(24)27)35-29(41-25)31(37)39-20-9-5-18(6-10-20)22(33)4-2/h5-16,22,34H,3-4,17,33H2,1-2H3. The van der Waals surface area contributed by atoms with Crippen molar-refractivity contribution in [1.29, 1.82) is 0 Å². The van der Waals surface area contributed by atoms with Gasteiger partial charge in [0, 0.05) is 38.8 Å². The monoisotopic (exact) mass is 596 g/mol. The van der Waals surface area contributed by atoms with Crippen LogP contribution >= 0.6 is 23.5 Å². The molecule has 0 aromatic heterocycles. The van der Waals surface area contributed by atoms with Crippen LogP contribution in [0.2, 0.25) is 0 Å². The van der Waals surface area contributed by atoms with Crippen LogP contribution in [-0.4, -0.2) is 28.6 Å². The summed E-state index contributed by atoms with van der Waals surface area (Å²) in [6.45, 7) is 5.00. The average Bonchev–Trinajstić information content (AvgIpc) is 3.02.